The van der Waals surface area contributed by atoms with Gasteiger partial charge in [0, 0.05) is 25.2 Å². The highest BCUT2D eigenvalue weighted by Gasteiger charge is 2.21. The Morgan fingerprint density at radius 2 is 2.06 bits per heavy atom. The van der Waals surface area contributed by atoms with E-state index in [0.717, 1.165) is 35.7 Å². The summed E-state index contributed by atoms with van der Waals surface area (Å²) in [6.45, 7) is 8.87. The van der Waals surface area contributed by atoms with E-state index >= 15 is 0 Å². The summed E-state index contributed by atoms with van der Waals surface area (Å²) >= 11 is 0. The molecule has 0 aromatic carbocycles. The molecule has 1 aromatic rings. The van der Waals surface area contributed by atoms with Crippen LogP contribution in [0, 0.1) is 13.8 Å². The molecule has 0 atom stereocenters. The molecule has 0 amide bonds. The predicted molar refractivity (Wildman–Crippen MR) is 71.4 cm³/mol. The predicted octanol–water partition coefficient (Wildman–Crippen LogP) is 2.13. The monoisotopic (exact) mass is 248 g/mol. The second-order valence-corrected chi connectivity index (χ2v) is 4.66. The van der Waals surface area contributed by atoms with Crippen molar-refractivity contribution in [2.45, 2.75) is 27.2 Å². The zero-order valence-electron chi connectivity index (χ0n) is 11.3. The number of morpholine rings is 1. The zero-order chi connectivity index (χ0) is 13.1. The number of ether oxygens (including phenoxy) is 1. The number of anilines is 1. The molecule has 0 aliphatic carbocycles. The van der Waals surface area contributed by atoms with Crippen molar-refractivity contribution in [1.29, 1.82) is 0 Å². The standard InChI is InChI=1S/C14H20N2O2/c1-4-12(17)13-10(2)9-11(3)15-14(13)16-5-7-18-8-6-16/h9H,4-8H2,1-3H3. The molecule has 1 saturated heterocycles. The summed E-state index contributed by atoms with van der Waals surface area (Å²) in [5.74, 6) is 1.00. The first-order valence-corrected chi connectivity index (χ1v) is 6.47. The van der Waals surface area contributed by atoms with Gasteiger partial charge in [0.05, 0.1) is 18.8 Å². The second kappa shape index (κ2) is 5.48. The molecule has 0 N–H and O–H groups in total. The van der Waals surface area contributed by atoms with Crippen LogP contribution >= 0.6 is 0 Å². The molecule has 2 heterocycles. The molecular weight excluding hydrogens is 228 g/mol. The zero-order valence-corrected chi connectivity index (χ0v) is 11.3. The topological polar surface area (TPSA) is 42.4 Å². The third-order valence-corrected chi connectivity index (χ3v) is 3.24. The Kier molecular flexibility index (Phi) is 3.97. The lowest BCUT2D eigenvalue weighted by molar-refractivity contribution is 0.0985. The van der Waals surface area contributed by atoms with Crippen molar-refractivity contribution in [3.05, 3.63) is 22.9 Å². The van der Waals surface area contributed by atoms with Crippen LogP contribution in [0.25, 0.3) is 0 Å². The van der Waals surface area contributed by atoms with Gasteiger partial charge in [-0.15, -0.1) is 0 Å². The normalized spacial score (nSPS) is 15.8. The molecule has 1 aliphatic rings. The summed E-state index contributed by atoms with van der Waals surface area (Å²) in [6.07, 6.45) is 0.517. The molecule has 2 rings (SSSR count). The first kappa shape index (κ1) is 13.0. The Morgan fingerprint density at radius 1 is 1.39 bits per heavy atom. The molecule has 0 radical (unpaired) electrons. The fourth-order valence-electron chi connectivity index (χ4n) is 2.34. The van der Waals surface area contributed by atoms with Crippen molar-refractivity contribution in [2.75, 3.05) is 31.2 Å². The highest BCUT2D eigenvalue weighted by atomic mass is 16.5. The maximum atomic E-state index is 12.1. The maximum Gasteiger partial charge on any atom is 0.166 e. The molecule has 0 bridgehead atoms. The molecule has 18 heavy (non-hydrogen) atoms. The van der Waals surface area contributed by atoms with E-state index in [0.29, 0.717) is 19.6 Å². The van der Waals surface area contributed by atoms with Crippen LogP contribution in [-0.4, -0.2) is 37.1 Å². The number of hydrogen-bond donors (Lipinski definition) is 0. The average molecular weight is 248 g/mol. The Morgan fingerprint density at radius 3 is 2.67 bits per heavy atom. The Hall–Kier alpha value is -1.42. The molecule has 0 unspecified atom stereocenters. The lowest BCUT2D eigenvalue weighted by Crippen LogP contribution is -2.38. The largest absolute Gasteiger partial charge is 0.378 e. The van der Waals surface area contributed by atoms with Crippen LogP contribution < -0.4 is 4.90 Å². The number of carbonyl (C=O) groups excluding carboxylic acids is 1. The summed E-state index contributed by atoms with van der Waals surface area (Å²) < 4.78 is 5.35. The van der Waals surface area contributed by atoms with Crippen LogP contribution in [-0.2, 0) is 4.74 Å². The summed E-state index contributed by atoms with van der Waals surface area (Å²) in [7, 11) is 0. The third-order valence-electron chi connectivity index (χ3n) is 3.24. The van der Waals surface area contributed by atoms with Gasteiger partial charge in [0.15, 0.2) is 5.78 Å². The molecule has 4 nitrogen and oxygen atoms in total. The fourth-order valence-corrected chi connectivity index (χ4v) is 2.34. The average Bonchev–Trinajstić information content (AvgIpc) is 2.38. The van der Waals surface area contributed by atoms with Crippen LogP contribution in [0.15, 0.2) is 6.07 Å². The van der Waals surface area contributed by atoms with Gasteiger partial charge in [0.2, 0.25) is 0 Å². The van der Waals surface area contributed by atoms with Crippen molar-refractivity contribution in [3.63, 3.8) is 0 Å². The van der Waals surface area contributed by atoms with Gasteiger partial charge in [-0.05, 0) is 25.5 Å². The molecule has 4 heteroatoms. The van der Waals surface area contributed by atoms with Gasteiger partial charge in [0.25, 0.3) is 0 Å². The van der Waals surface area contributed by atoms with Crippen LogP contribution in [0.5, 0.6) is 0 Å². The maximum absolute atomic E-state index is 12.1. The van der Waals surface area contributed by atoms with Crippen LogP contribution in [0.1, 0.15) is 35.0 Å². The summed E-state index contributed by atoms with van der Waals surface area (Å²) in [6, 6.07) is 1.98. The van der Waals surface area contributed by atoms with E-state index in [-0.39, 0.29) is 5.78 Å². The highest BCUT2D eigenvalue weighted by Crippen LogP contribution is 2.24. The van der Waals surface area contributed by atoms with E-state index < -0.39 is 0 Å². The molecule has 98 valence electrons. The Bertz CT molecular complexity index is 451. The van der Waals surface area contributed by atoms with E-state index in [1.807, 2.05) is 26.8 Å². The van der Waals surface area contributed by atoms with E-state index in [2.05, 4.69) is 9.88 Å². The molecule has 1 fully saturated rings. The van der Waals surface area contributed by atoms with Crippen molar-refractivity contribution in [2.24, 2.45) is 0 Å². The van der Waals surface area contributed by atoms with Crippen LogP contribution in [0.4, 0.5) is 5.82 Å². The lowest BCUT2D eigenvalue weighted by Gasteiger charge is -2.30. The van der Waals surface area contributed by atoms with Crippen molar-refractivity contribution in [3.8, 4) is 0 Å². The number of aromatic nitrogens is 1. The quantitative estimate of drug-likeness (QED) is 0.768. The van der Waals surface area contributed by atoms with Gasteiger partial charge in [0.1, 0.15) is 5.82 Å². The van der Waals surface area contributed by atoms with Gasteiger partial charge >= 0.3 is 0 Å². The second-order valence-electron chi connectivity index (χ2n) is 4.66. The minimum absolute atomic E-state index is 0.168. The number of pyridine rings is 1. The van der Waals surface area contributed by atoms with Crippen LogP contribution in [0.2, 0.25) is 0 Å². The number of rotatable bonds is 3. The van der Waals surface area contributed by atoms with Gasteiger partial charge in [-0.2, -0.15) is 0 Å². The van der Waals surface area contributed by atoms with E-state index in [4.69, 9.17) is 4.74 Å². The number of Topliss-reactive ketones (excluding diaryl/α,β-unsaturated/α-hetero) is 1. The van der Waals surface area contributed by atoms with Crippen molar-refractivity contribution in [1.82, 2.24) is 4.98 Å². The Balaban J connectivity index is 2.45. The van der Waals surface area contributed by atoms with Gasteiger partial charge in [-0.3, -0.25) is 4.79 Å². The first-order chi connectivity index (χ1) is 8.63. The summed E-state index contributed by atoms with van der Waals surface area (Å²) in [5.41, 5.74) is 2.77. The van der Waals surface area contributed by atoms with Gasteiger partial charge in [-0.25, -0.2) is 4.98 Å². The molecule has 0 spiro atoms. The fraction of sp³-hybridized carbons (Fsp3) is 0.571. The summed E-state index contributed by atoms with van der Waals surface area (Å²) in [4.78, 5) is 18.8. The lowest BCUT2D eigenvalue weighted by atomic mass is 10.0. The van der Waals surface area contributed by atoms with Crippen molar-refractivity contribution < 1.29 is 9.53 Å². The SMILES string of the molecule is CCC(=O)c1c(C)cc(C)nc1N1CCOCC1. The molecule has 1 aliphatic heterocycles. The number of nitrogens with zero attached hydrogens (tertiary/aromatic N) is 2. The van der Waals surface area contributed by atoms with Gasteiger partial charge < -0.3 is 9.64 Å². The smallest absolute Gasteiger partial charge is 0.166 e. The Labute approximate surface area is 108 Å². The number of hydrogen-bond acceptors (Lipinski definition) is 4. The number of ketones is 1. The van der Waals surface area contributed by atoms with Crippen LogP contribution in [0.3, 0.4) is 0 Å². The minimum Gasteiger partial charge on any atom is -0.378 e. The van der Waals surface area contributed by atoms with E-state index in [1.54, 1.807) is 0 Å². The van der Waals surface area contributed by atoms with Crippen molar-refractivity contribution >= 4 is 11.6 Å². The molecule has 1 aromatic heterocycles. The van der Waals surface area contributed by atoms with E-state index in [1.165, 1.54) is 0 Å². The minimum atomic E-state index is 0.168. The van der Waals surface area contributed by atoms with E-state index in [9.17, 15) is 4.79 Å². The first-order valence-electron chi connectivity index (χ1n) is 6.47. The summed E-state index contributed by atoms with van der Waals surface area (Å²) in [5, 5.41) is 0. The molecular formula is C14H20N2O2. The highest BCUT2D eigenvalue weighted by molar-refractivity contribution is 6.01. The molecule has 0 saturated carbocycles. The number of aryl methyl sites for hydroxylation is 2. The van der Waals surface area contributed by atoms with Gasteiger partial charge in [-0.1, -0.05) is 6.92 Å². The number of carbonyl (C=O) groups is 1. The third kappa shape index (κ3) is 2.53.